The smallest absolute Gasteiger partial charge is 0.423 e. The molecule has 0 bridgehead atoms. The van der Waals surface area contributed by atoms with Gasteiger partial charge in [-0.1, -0.05) is 11.6 Å². The summed E-state index contributed by atoms with van der Waals surface area (Å²) in [6, 6.07) is 1.70. The number of hydrogen-bond acceptors (Lipinski definition) is 2. The van der Waals surface area contributed by atoms with E-state index in [0.717, 1.165) is 6.07 Å². The minimum Gasteiger partial charge on any atom is -0.423 e. The molecule has 1 aromatic carbocycles. The predicted molar refractivity (Wildman–Crippen MR) is 51.0 cm³/mol. The number of halogens is 4. The normalized spacial score (nSPS) is 11.7. The summed E-state index contributed by atoms with van der Waals surface area (Å²) in [6.07, 6.45) is -4.60. The molecule has 82 valence electrons. The Morgan fingerprint density at radius 2 is 1.80 bits per heavy atom. The summed E-state index contributed by atoms with van der Waals surface area (Å²) in [4.78, 5) is 0. The van der Waals surface area contributed by atoms with Crippen LogP contribution in [0.15, 0.2) is 12.1 Å². The summed E-state index contributed by atoms with van der Waals surface area (Å²) < 4.78 is 37.1. The molecule has 0 spiro atoms. The van der Waals surface area contributed by atoms with Crippen LogP contribution in [0.4, 0.5) is 13.2 Å². The molecule has 0 aliphatic heterocycles. The molecule has 2 N–H and O–H groups in total. The van der Waals surface area contributed by atoms with E-state index in [1.54, 1.807) is 0 Å². The molecule has 1 aromatic rings. The first kappa shape index (κ1) is 12.4. The SMILES string of the molecule is Cc1cc(Cl)c(C(F)(F)F)cc1B(O)O. The van der Waals surface area contributed by atoms with E-state index >= 15 is 0 Å². The molecule has 0 unspecified atom stereocenters. The number of alkyl halides is 3. The van der Waals surface area contributed by atoms with Crippen LogP contribution in [0.5, 0.6) is 0 Å². The third-order valence-electron chi connectivity index (χ3n) is 1.94. The van der Waals surface area contributed by atoms with E-state index in [-0.39, 0.29) is 5.46 Å². The van der Waals surface area contributed by atoms with Crippen molar-refractivity contribution in [1.82, 2.24) is 0 Å². The van der Waals surface area contributed by atoms with Gasteiger partial charge in [0.05, 0.1) is 10.6 Å². The Labute approximate surface area is 89.4 Å². The predicted octanol–water partition coefficient (Wildman–Crippen LogP) is 1.35. The lowest BCUT2D eigenvalue weighted by Crippen LogP contribution is -2.33. The largest absolute Gasteiger partial charge is 0.488 e. The Morgan fingerprint density at radius 3 is 2.20 bits per heavy atom. The number of benzene rings is 1. The minimum absolute atomic E-state index is 0.202. The summed E-state index contributed by atoms with van der Waals surface area (Å²) in [5.41, 5.74) is -0.979. The van der Waals surface area contributed by atoms with Crippen LogP contribution in [0, 0.1) is 6.92 Å². The van der Waals surface area contributed by atoms with Gasteiger partial charge in [0.15, 0.2) is 0 Å². The first-order chi connectivity index (χ1) is 6.73. The zero-order chi connectivity index (χ0) is 11.8. The van der Waals surface area contributed by atoms with Crippen LogP contribution in [-0.4, -0.2) is 17.2 Å². The average molecular weight is 238 g/mol. The first-order valence-electron chi connectivity index (χ1n) is 3.97. The zero-order valence-electron chi connectivity index (χ0n) is 7.64. The van der Waals surface area contributed by atoms with E-state index in [1.165, 1.54) is 6.92 Å². The van der Waals surface area contributed by atoms with Gasteiger partial charge in [-0.25, -0.2) is 0 Å². The molecule has 0 saturated heterocycles. The summed E-state index contributed by atoms with van der Waals surface area (Å²) >= 11 is 5.41. The van der Waals surface area contributed by atoms with Crippen molar-refractivity contribution < 1.29 is 23.2 Å². The molecule has 1 rings (SSSR count). The lowest BCUT2D eigenvalue weighted by Gasteiger charge is -2.12. The molecular formula is C8H7BClF3O2. The van der Waals surface area contributed by atoms with Gasteiger partial charge in [-0.15, -0.1) is 0 Å². The van der Waals surface area contributed by atoms with E-state index < -0.39 is 23.9 Å². The molecule has 0 aliphatic rings. The Kier molecular flexibility index (Phi) is 3.33. The van der Waals surface area contributed by atoms with Crippen LogP contribution in [0.3, 0.4) is 0 Å². The second-order valence-corrected chi connectivity index (χ2v) is 3.47. The molecule has 15 heavy (non-hydrogen) atoms. The van der Waals surface area contributed by atoms with Gasteiger partial charge in [0.1, 0.15) is 0 Å². The van der Waals surface area contributed by atoms with Gasteiger partial charge in [-0.05, 0) is 30.1 Å². The van der Waals surface area contributed by atoms with E-state index in [9.17, 15) is 13.2 Å². The van der Waals surface area contributed by atoms with Crippen LogP contribution >= 0.6 is 11.6 Å². The fourth-order valence-corrected chi connectivity index (χ4v) is 1.51. The van der Waals surface area contributed by atoms with Crippen LogP contribution in [0.2, 0.25) is 5.02 Å². The Morgan fingerprint density at radius 1 is 1.27 bits per heavy atom. The van der Waals surface area contributed by atoms with Gasteiger partial charge >= 0.3 is 13.3 Å². The highest BCUT2D eigenvalue weighted by atomic mass is 35.5. The molecule has 0 atom stereocenters. The maximum Gasteiger partial charge on any atom is 0.488 e. The second kappa shape index (κ2) is 4.04. The van der Waals surface area contributed by atoms with Crippen LogP contribution in [-0.2, 0) is 6.18 Å². The third-order valence-corrected chi connectivity index (χ3v) is 2.25. The Bertz CT molecular complexity index is 379. The van der Waals surface area contributed by atoms with Crippen molar-refractivity contribution in [1.29, 1.82) is 0 Å². The lowest BCUT2D eigenvalue weighted by atomic mass is 9.76. The highest BCUT2D eigenvalue weighted by molar-refractivity contribution is 6.59. The number of rotatable bonds is 1. The van der Waals surface area contributed by atoms with Gasteiger partial charge in [-0.2, -0.15) is 13.2 Å². The standard InChI is InChI=1S/C8H7BClF3O2/c1-4-2-7(10)5(8(11,12)13)3-6(4)9(14)15/h2-3,14-15H,1H3. The van der Waals surface area contributed by atoms with Crippen LogP contribution in [0.25, 0.3) is 0 Å². The molecular weight excluding hydrogens is 231 g/mol. The summed E-state index contributed by atoms with van der Waals surface area (Å²) in [7, 11) is -1.94. The topological polar surface area (TPSA) is 40.5 Å². The number of hydrogen-bond donors (Lipinski definition) is 2. The Balaban J connectivity index is 3.37. The van der Waals surface area contributed by atoms with E-state index in [2.05, 4.69) is 0 Å². The van der Waals surface area contributed by atoms with Crippen LogP contribution < -0.4 is 5.46 Å². The third kappa shape index (κ3) is 2.65. The van der Waals surface area contributed by atoms with Gasteiger partial charge in [0.2, 0.25) is 0 Å². The van der Waals surface area contributed by atoms with Crippen molar-refractivity contribution >= 4 is 24.2 Å². The second-order valence-electron chi connectivity index (χ2n) is 3.06. The maximum atomic E-state index is 12.4. The maximum absolute atomic E-state index is 12.4. The summed E-state index contributed by atoms with van der Waals surface area (Å²) in [5.74, 6) is 0. The quantitative estimate of drug-likeness (QED) is 0.725. The fraction of sp³-hybridized carbons (Fsp3) is 0.250. The van der Waals surface area contributed by atoms with E-state index in [1.807, 2.05) is 0 Å². The number of aryl methyl sites for hydroxylation is 1. The molecule has 0 radical (unpaired) electrons. The summed E-state index contributed by atoms with van der Waals surface area (Å²) in [6.45, 7) is 1.45. The highest BCUT2D eigenvalue weighted by Gasteiger charge is 2.34. The average Bonchev–Trinajstić information content (AvgIpc) is 2.00. The molecule has 0 heterocycles. The van der Waals surface area contributed by atoms with Crippen LogP contribution in [0.1, 0.15) is 11.1 Å². The van der Waals surface area contributed by atoms with Crippen molar-refractivity contribution in [2.75, 3.05) is 0 Å². The molecule has 0 aliphatic carbocycles. The van der Waals surface area contributed by atoms with Crippen molar-refractivity contribution in [3.05, 3.63) is 28.3 Å². The van der Waals surface area contributed by atoms with Crippen molar-refractivity contribution in [3.63, 3.8) is 0 Å². The zero-order valence-corrected chi connectivity index (χ0v) is 8.39. The monoisotopic (exact) mass is 238 g/mol. The molecule has 0 aromatic heterocycles. The van der Waals surface area contributed by atoms with Gasteiger partial charge in [0, 0.05) is 0 Å². The molecule has 0 fully saturated rings. The first-order valence-corrected chi connectivity index (χ1v) is 4.34. The van der Waals surface area contributed by atoms with E-state index in [0.29, 0.717) is 11.6 Å². The van der Waals surface area contributed by atoms with Gasteiger partial charge in [0.25, 0.3) is 0 Å². The molecule has 0 amide bonds. The lowest BCUT2D eigenvalue weighted by molar-refractivity contribution is -0.137. The van der Waals surface area contributed by atoms with Crippen molar-refractivity contribution in [2.45, 2.75) is 13.1 Å². The van der Waals surface area contributed by atoms with E-state index in [4.69, 9.17) is 21.6 Å². The summed E-state index contributed by atoms with van der Waals surface area (Å²) in [5, 5.41) is 17.2. The Hall–Kier alpha value is -0.715. The molecule has 2 nitrogen and oxygen atoms in total. The molecule has 0 saturated carbocycles. The highest BCUT2D eigenvalue weighted by Crippen LogP contribution is 2.34. The van der Waals surface area contributed by atoms with Gasteiger partial charge < -0.3 is 10.0 Å². The fourth-order valence-electron chi connectivity index (χ4n) is 1.18. The van der Waals surface area contributed by atoms with Crippen molar-refractivity contribution in [3.8, 4) is 0 Å². The van der Waals surface area contributed by atoms with Crippen molar-refractivity contribution in [2.24, 2.45) is 0 Å². The molecule has 7 heteroatoms. The van der Waals surface area contributed by atoms with Gasteiger partial charge in [-0.3, -0.25) is 0 Å². The minimum atomic E-state index is -4.60.